The van der Waals surface area contributed by atoms with Gasteiger partial charge in [0, 0.05) is 11.6 Å². The minimum atomic E-state index is 0.588. The Balaban J connectivity index is 2.21. The van der Waals surface area contributed by atoms with Crippen molar-refractivity contribution in [2.24, 2.45) is 5.73 Å². The topological polar surface area (TPSA) is 35.2 Å². The number of nitrogens with two attached hydrogens (primary N) is 1. The van der Waals surface area contributed by atoms with Crippen molar-refractivity contribution in [3.05, 3.63) is 34.9 Å². The second-order valence-corrected chi connectivity index (χ2v) is 3.55. The average Bonchev–Trinajstić information content (AvgIpc) is 2.20. The maximum atomic E-state index is 5.96. The highest BCUT2D eigenvalue weighted by molar-refractivity contribution is 6.31. The highest BCUT2D eigenvalue weighted by Gasteiger charge is 1.97. The molecule has 0 bridgehead atoms. The molecule has 0 fully saturated rings. The van der Waals surface area contributed by atoms with E-state index in [9.17, 15) is 0 Å². The zero-order chi connectivity index (χ0) is 10.2. The lowest BCUT2D eigenvalue weighted by molar-refractivity contribution is 0.117. The van der Waals surface area contributed by atoms with Gasteiger partial charge in [-0.3, -0.25) is 0 Å². The zero-order valence-electron chi connectivity index (χ0n) is 8.21. The predicted octanol–water partition coefficient (Wildman–Crippen LogP) is 2.60. The summed E-state index contributed by atoms with van der Waals surface area (Å²) < 4.78 is 5.46. The zero-order valence-corrected chi connectivity index (χ0v) is 8.96. The number of ether oxygens (including phenoxy) is 1. The first kappa shape index (κ1) is 11.5. The van der Waals surface area contributed by atoms with Crippen LogP contribution in [0, 0.1) is 0 Å². The van der Waals surface area contributed by atoms with Gasteiger partial charge >= 0.3 is 0 Å². The molecule has 0 aromatic heterocycles. The predicted molar refractivity (Wildman–Crippen MR) is 59.4 cm³/mol. The quantitative estimate of drug-likeness (QED) is 0.738. The lowest BCUT2D eigenvalue weighted by Crippen LogP contribution is -2.02. The Morgan fingerprint density at radius 3 is 2.71 bits per heavy atom. The van der Waals surface area contributed by atoms with Gasteiger partial charge in [0.15, 0.2) is 0 Å². The number of unbranched alkanes of at least 4 members (excludes halogenated alkanes) is 1. The molecule has 0 atom stereocenters. The Hall–Kier alpha value is -0.570. The third-order valence-electron chi connectivity index (χ3n) is 1.96. The normalized spacial score (nSPS) is 10.4. The summed E-state index contributed by atoms with van der Waals surface area (Å²) in [5, 5.41) is 0.770. The molecule has 0 spiro atoms. The summed E-state index contributed by atoms with van der Waals surface area (Å²) in [5.41, 5.74) is 6.41. The van der Waals surface area contributed by atoms with Crippen LogP contribution in [0.5, 0.6) is 0 Å². The number of rotatable bonds is 6. The van der Waals surface area contributed by atoms with Crippen molar-refractivity contribution in [3.63, 3.8) is 0 Å². The number of hydrogen-bond acceptors (Lipinski definition) is 2. The number of hydrogen-bond donors (Lipinski definition) is 1. The molecule has 0 aliphatic rings. The van der Waals surface area contributed by atoms with Gasteiger partial charge < -0.3 is 10.5 Å². The lowest BCUT2D eigenvalue weighted by atomic mass is 10.2. The summed E-state index contributed by atoms with van der Waals surface area (Å²) >= 11 is 5.96. The monoisotopic (exact) mass is 213 g/mol. The standard InChI is InChI=1S/C11H16ClNO/c12-11-6-2-1-5-10(11)9-14-8-4-3-7-13/h1-2,5-6H,3-4,7-9,13H2. The van der Waals surface area contributed by atoms with E-state index < -0.39 is 0 Å². The van der Waals surface area contributed by atoms with Gasteiger partial charge in [0.05, 0.1) is 6.61 Å². The molecule has 0 radical (unpaired) electrons. The summed E-state index contributed by atoms with van der Waals surface area (Å²) in [6.45, 7) is 2.07. The first-order chi connectivity index (χ1) is 6.84. The molecule has 0 saturated carbocycles. The molecular formula is C11H16ClNO. The largest absolute Gasteiger partial charge is 0.377 e. The van der Waals surface area contributed by atoms with Crippen molar-refractivity contribution in [2.45, 2.75) is 19.4 Å². The van der Waals surface area contributed by atoms with Gasteiger partial charge in [-0.25, -0.2) is 0 Å². The Morgan fingerprint density at radius 1 is 1.21 bits per heavy atom. The van der Waals surface area contributed by atoms with Gasteiger partial charge in [-0.15, -0.1) is 0 Å². The van der Waals surface area contributed by atoms with Crippen molar-refractivity contribution in [2.75, 3.05) is 13.2 Å². The highest BCUT2D eigenvalue weighted by Crippen LogP contribution is 2.15. The maximum Gasteiger partial charge on any atom is 0.0731 e. The van der Waals surface area contributed by atoms with Gasteiger partial charge in [-0.05, 0) is 31.0 Å². The fraction of sp³-hybridized carbons (Fsp3) is 0.455. The van der Waals surface area contributed by atoms with E-state index in [1.165, 1.54) is 0 Å². The van der Waals surface area contributed by atoms with E-state index >= 15 is 0 Å². The summed E-state index contributed by atoms with van der Waals surface area (Å²) in [5.74, 6) is 0. The summed E-state index contributed by atoms with van der Waals surface area (Å²) in [6, 6.07) is 7.73. The van der Waals surface area contributed by atoms with Crippen LogP contribution in [-0.2, 0) is 11.3 Å². The van der Waals surface area contributed by atoms with Crippen LogP contribution in [0.2, 0.25) is 5.02 Å². The molecule has 0 aliphatic heterocycles. The first-order valence-electron chi connectivity index (χ1n) is 4.86. The molecule has 0 heterocycles. The van der Waals surface area contributed by atoms with Crippen molar-refractivity contribution in [1.29, 1.82) is 0 Å². The summed E-state index contributed by atoms with van der Waals surface area (Å²) in [4.78, 5) is 0. The van der Waals surface area contributed by atoms with E-state index in [1.807, 2.05) is 24.3 Å². The van der Waals surface area contributed by atoms with Gasteiger partial charge in [-0.2, -0.15) is 0 Å². The molecule has 1 rings (SSSR count). The van der Waals surface area contributed by atoms with Gasteiger partial charge in [0.1, 0.15) is 0 Å². The Morgan fingerprint density at radius 2 is 2.00 bits per heavy atom. The molecule has 1 aromatic carbocycles. The molecule has 0 aliphatic carbocycles. The van der Waals surface area contributed by atoms with Crippen LogP contribution in [0.15, 0.2) is 24.3 Å². The van der Waals surface area contributed by atoms with Crippen LogP contribution in [0.1, 0.15) is 18.4 Å². The van der Waals surface area contributed by atoms with Gasteiger partial charge in [-0.1, -0.05) is 29.8 Å². The number of benzene rings is 1. The Kier molecular flexibility index (Phi) is 5.60. The molecule has 0 saturated heterocycles. The fourth-order valence-electron chi connectivity index (χ4n) is 1.15. The molecule has 14 heavy (non-hydrogen) atoms. The van der Waals surface area contributed by atoms with E-state index in [2.05, 4.69) is 0 Å². The molecule has 2 N–H and O–H groups in total. The maximum absolute atomic E-state index is 5.96. The molecule has 3 heteroatoms. The highest BCUT2D eigenvalue weighted by atomic mass is 35.5. The minimum Gasteiger partial charge on any atom is -0.377 e. The smallest absolute Gasteiger partial charge is 0.0731 e. The summed E-state index contributed by atoms with van der Waals surface area (Å²) in [6.07, 6.45) is 2.03. The van der Waals surface area contributed by atoms with Crippen LogP contribution in [0.25, 0.3) is 0 Å². The third kappa shape index (κ3) is 4.09. The van der Waals surface area contributed by atoms with Gasteiger partial charge in [0.2, 0.25) is 0 Å². The van der Waals surface area contributed by atoms with Crippen LogP contribution >= 0.6 is 11.6 Å². The van der Waals surface area contributed by atoms with E-state index in [1.54, 1.807) is 0 Å². The molecule has 78 valence electrons. The lowest BCUT2D eigenvalue weighted by Gasteiger charge is -2.05. The van der Waals surface area contributed by atoms with Crippen LogP contribution < -0.4 is 5.73 Å². The van der Waals surface area contributed by atoms with E-state index in [0.29, 0.717) is 6.61 Å². The second-order valence-electron chi connectivity index (χ2n) is 3.14. The molecule has 0 amide bonds. The molecular weight excluding hydrogens is 198 g/mol. The van der Waals surface area contributed by atoms with Crippen molar-refractivity contribution in [1.82, 2.24) is 0 Å². The first-order valence-corrected chi connectivity index (χ1v) is 5.23. The van der Waals surface area contributed by atoms with E-state index in [4.69, 9.17) is 22.1 Å². The Bertz CT molecular complexity index is 265. The van der Waals surface area contributed by atoms with Gasteiger partial charge in [0.25, 0.3) is 0 Å². The summed E-state index contributed by atoms with van der Waals surface area (Å²) in [7, 11) is 0. The van der Waals surface area contributed by atoms with Crippen LogP contribution in [0.4, 0.5) is 0 Å². The molecule has 0 unspecified atom stereocenters. The van der Waals surface area contributed by atoms with Crippen molar-refractivity contribution >= 4 is 11.6 Å². The van der Waals surface area contributed by atoms with Crippen molar-refractivity contribution in [3.8, 4) is 0 Å². The number of halogens is 1. The average molecular weight is 214 g/mol. The SMILES string of the molecule is NCCCCOCc1ccccc1Cl. The molecule has 2 nitrogen and oxygen atoms in total. The fourth-order valence-corrected chi connectivity index (χ4v) is 1.34. The van der Waals surface area contributed by atoms with Crippen molar-refractivity contribution < 1.29 is 4.74 Å². The molecule has 1 aromatic rings. The minimum absolute atomic E-state index is 0.588. The van der Waals surface area contributed by atoms with Crippen LogP contribution in [-0.4, -0.2) is 13.2 Å². The van der Waals surface area contributed by atoms with E-state index in [-0.39, 0.29) is 0 Å². The van der Waals surface area contributed by atoms with Crippen LogP contribution in [0.3, 0.4) is 0 Å². The second kappa shape index (κ2) is 6.82. The Labute approximate surface area is 90.0 Å². The third-order valence-corrected chi connectivity index (χ3v) is 2.33. The van der Waals surface area contributed by atoms with E-state index in [0.717, 1.165) is 36.6 Å².